The fourth-order valence-electron chi connectivity index (χ4n) is 2.10. The van der Waals surface area contributed by atoms with Crippen LogP contribution in [0.5, 0.6) is 0 Å². The summed E-state index contributed by atoms with van der Waals surface area (Å²) in [5, 5.41) is 3.41. The third kappa shape index (κ3) is 3.01. The Balaban J connectivity index is 2.10. The number of piperidine rings is 1. The van der Waals surface area contributed by atoms with Crippen LogP contribution < -0.4 is 10.2 Å². The molecule has 0 spiro atoms. The first-order valence-electron chi connectivity index (χ1n) is 5.79. The van der Waals surface area contributed by atoms with Crippen LogP contribution in [-0.4, -0.2) is 30.7 Å². The molecule has 0 bridgehead atoms. The van der Waals surface area contributed by atoms with Crippen LogP contribution >= 0.6 is 31.9 Å². The monoisotopic (exact) mass is 361 g/mol. The Bertz CT molecular complexity index is 401. The second-order valence-corrected chi connectivity index (χ2v) is 6.53. The number of pyridine rings is 1. The van der Waals surface area contributed by atoms with Gasteiger partial charge in [-0.2, -0.15) is 0 Å². The molecule has 0 aromatic carbocycles. The highest BCUT2D eigenvalue weighted by molar-refractivity contribution is 9.11. The number of anilines is 1. The van der Waals surface area contributed by atoms with Gasteiger partial charge in [-0.15, -0.1) is 0 Å². The molecule has 3 nitrogen and oxygen atoms in total. The van der Waals surface area contributed by atoms with Gasteiger partial charge in [-0.1, -0.05) is 0 Å². The number of aromatic nitrogens is 1. The van der Waals surface area contributed by atoms with Crippen molar-refractivity contribution in [2.75, 3.05) is 25.0 Å². The minimum atomic E-state index is 0.276. The number of rotatable bonds is 2. The van der Waals surface area contributed by atoms with Gasteiger partial charge in [-0.25, -0.2) is 4.98 Å². The first-order chi connectivity index (χ1) is 8.04. The van der Waals surface area contributed by atoms with Gasteiger partial charge in [0.25, 0.3) is 0 Å². The van der Waals surface area contributed by atoms with E-state index in [-0.39, 0.29) is 5.54 Å². The van der Waals surface area contributed by atoms with Gasteiger partial charge in [0.2, 0.25) is 0 Å². The SMILES string of the molecule is CNC1(C)CCN(c2ncc(Br)cc2Br)CC1. The van der Waals surface area contributed by atoms with Crippen molar-refractivity contribution in [3.8, 4) is 0 Å². The summed E-state index contributed by atoms with van der Waals surface area (Å²) in [6, 6.07) is 2.05. The molecule has 0 aliphatic carbocycles. The van der Waals surface area contributed by atoms with Gasteiger partial charge in [0.1, 0.15) is 5.82 Å². The lowest BCUT2D eigenvalue weighted by molar-refractivity contribution is 0.304. The molecule has 17 heavy (non-hydrogen) atoms. The summed E-state index contributed by atoms with van der Waals surface area (Å²) >= 11 is 7.01. The average molecular weight is 363 g/mol. The molecular formula is C12H17Br2N3. The highest BCUT2D eigenvalue weighted by atomic mass is 79.9. The molecule has 2 heterocycles. The fourth-order valence-corrected chi connectivity index (χ4v) is 3.34. The molecule has 0 atom stereocenters. The van der Waals surface area contributed by atoms with Crippen molar-refractivity contribution in [1.82, 2.24) is 10.3 Å². The molecular weight excluding hydrogens is 346 g/mol. The summed E-state index contributed by atoms with van der Waals surface area (Å²) in [4.78, 5) is 6.83. The molecule has 0 unspecified atom stereocenters. The van der Waals surface area contributed by atoms with Gasteiger partial charge in [-0.3, -0.25) is 0 Å². The van der Waals surface area contributed by atoms with Crippen molar-refractivity contribution < 1.29 is 0 Å². The molecule has 1 aromatic heterocycles. The minimum absolute atomic E-state index is 0.276. The van der Waals surface area contributed by atoms with E-state index in [0.29, 0.717) is 0 Å². The molecule has 0 radical (unpaired) electrons. The minimum Gasteiger partial charge on any atom is -0.356 e. The lowest BCUT2D eigenvalue weighted by Gasteiger charge is -2.40. The Morgan fingerprint density at radius 2 is 2.00 bits per heavy atom. The Kier molecular flexibility index (Phi) is 4.10. The van der Waals surface area contributed by atoms with E-state index in [2.05, 4.69) is 54.0 Å². The van der Waals surface area contributed by atoms with Gasteiger partial charge in [0, 0.05) is 29.3 Å². The van der Waals surface area contributed by atoms with E-state index in [4.69, 9.17) is 0 Å². The number of nitrogens with one attached hydrogen (secondary N) is 1. The molecule has 0 amide bonds. The van der Waals surface area contributed by atoms with E-state index < -0.39 is 0 Å². The molecule has 5 heteroatoms. The number of nitrogens with zero attached hydrogens (tertiary/aromatic N) is 2. The van der Waals surface area contributed by atoms with Crippen LogP contribution in [0.2, 0.25) is 0 Å². The molecule has 1 saturated heterocycles. The summed E-state index contributed by atoms with van der Waals surface area (Å²) in [6.07, 6.45) is 4.15. The largest absolute Gasteiger partial charge is 0.356 e. The van der Waals surface area contributed by atoms with Crippen LogP contribution in [-0.2, 0) is 0 Å². The topological polar surface area (TPSA) is 28.2 Å². The highest BCUT2D eigenvalue weighted by Crippen LogP contribution is 2.30. The van der Waals surface area contributed by atoms with Crippen LogP contribution in [0.25, 0.3) is 0 Å². The first kappa shape index (κ1) is 13.3. The number of hydrogen-bond acceptors (Lipinski definition) is 3. The maximum absolute atomic E-state index is 4.49. The van der Waals surface area contributed by atoms with E-state index in [1.807, 2.05) is 19.3 Å². The van der Waals surface area contributed by atoms with Crippen molar-refractivity contribution in [1.29, 1.82) is 0 Å². The van der Waals surface area contributed by atoms with Gasteiger partial charge >= 0.3 is 0 Å². The van der Waals surface area contributed by atoms with Crippen molar-refractivity contribution in [3.63, 3.8) is 0 Å². The second kappa shape index (κ2) is 5.24. The fraction of sp³-hybridized carbons (Fsp3) is 0.583. The molecule has 1 fully saturated rings. The van der Waals surface area contributed by atoms with Gasteiger partial charge in [0.15, 0.2) is 0 Å². The number of hydrogen-bond donors (Lipinski definition) is 1. The zero-order valence-corrected chi connectivity index (χ0v) is 13.3. The van der Waals surface area contributed by atoms with E-state index in [1.54, 1.807) is 0 Å². The maximum atomic E-state index is 4.49. The van der Waals surface area contributed by atoms with Crippen LogP contribution in [0, 0.1) is 0 Å². The summed E-state index contributed by atoms with van der Waals surface area (Å²) in [7, 11) is 2.05. The summed E-state index contributed by atoms with van der Waals surface area (Å²) < 4.78 is 2.06. The normalized spacial score (nSPS) is 19.4. The van der Waals surface area contributed by atoms with Crippen molar-refractivity contribution >= 4 is 37.7 Å². The van der Waals surface area contributed by atoms with Crippen LogP contribution in [0.1, 0.15) is 19.8 Å². The predicted molar refractivity (Wildman–Crippen MR) is 78.5 cm³/mol. The third-order valence-electron chi connectivity index (χ3n) is 3.56. The number of halogens is 2. The zero-order valence-electron chi connectivity index (χ0n) is 10.1. The zero-order chi connectivity index (χ0) is 12.5. The summed E-state index contributed by atoms with van der Waals surface area (Å²) in [6.45, 7) is 4.38. The maximum Gasteiger partial charge on any atom is 0.142 e. The van der Waals surface area contributed by atoms with Gasteiger partial charge < -0.3 is 10.2 Å². The van der Waals surface area contributed by atoms with Gasteiger partial charge in [0.05, 0.1) is 4.47 Å². The lowest BCUT2D eigenvalue weighted by atomic mass is 9.90. The molecule has 1 N–H and O–H groups in total. The van der Waals surface area contributed by atoms with Crippen LogP contribution in [0.15, 0.2) is 21.2 Å². The summed E-state index contributed by atoms with van der Waals surface area (Å²) in [5.41, 5.74) is 0.276. The van der Waals surface area contributed by atoms with E-state index in [0.717, 1.165) is 40.7 Å². The molecule has 2 rings (SSSR count). The highest BCUT2D eigenvalue weighted by Gasteiger charge is 2.29. The molecule has 1 aromatic rings. The third-order valence-corrected chi connectivity index (χ3v) is 4.58. The van der Waals surface area contributed by atoms with Crippen molar-refractivity contribution in [2.45, 2.75) is 25.3 Å². The first-order valence-corrected chi connectivity index (χ1v) is 7.37. The Morgan fingerprint density at radius 3 is 2.53 bits per heavy atom. The molecule has 1 aliphatic heterocycles. The molecule has 0 saturated carbocycles. The second-order valence-electron chi connectivity index (χ2n) is 4.76. The standard InChI is InChI=1S/C12H17Br2N3/c1-12(15-2)3-5-17(6-4-12)11-10(14)7-9(13)8-16-11/h7-8,15H,3-6H2,1-2H3. The van der Waals surface area contributed by atoms with Crippen molar-refractivity contribution in [3.05, 3.63) is 21.2 Å². The van der Waals surface area contributed by atoms with Crippen LogP contribution in [0.3, 0.4) is 0 Å². The molecule has 94 valence electrons. The molecule has 1 aliphatic rings. The summed E-state index contributed by atoms with van der Waals surface area (Å²) in [5.74, 6) is 1.05. The van der Waals surface area contributed by atoms with E-state index in [9.17, 15) is 0 Å². The Morgan fingerprint density at radius 1 is 1.35 bits per heavy atom. The lowest BCUT2D eigenvalue weighted by Crippen LogP contribution is -2.50. The van der Waals surface area contributed by atoms with Gasteiger partial charge in [-0.05, 0) is 64.7 Å². The van der Waals surface area contributed by atoms with E-state index in [1.165, 1.54) is 0 Å². The smallest absolute Gasteiger partial charge is 0.142 e. The Labute approximate surface area is 119 Å². The van der Waals surface area contributed by atoms with Crippen LogP contribution in [0.4, 0.5) is 5.82 Å². The quantitative estimate of drug-likeness (QED) is 0.875. The van der Waals surface area contributed by atoms with E-state index >= 15 is 0 Å². The average Bonchev–Trinajstić information content (AvgIpc) is 2.31. The predicted octanol–water partition coefficient (Wildman–Crippen LogP) is 3.18. The van der Waals surface area contributed by atoms with Crippen molar-refractivity contribution in [2.24, 2.45) is 0 Å². The Hall–Kier alpha value is -0.130.